The van der Waals surface area contributed by atoms with Gasteiger partial charge in [0, 0.05) is 42.4 Å². The van der Waals surface area contributed by atoms with Crippen molar-refractivity contribution in [2.75, 3.05) is 0 Å². The Labute approximate surface area is 238 Å². The van der Waals surface area contributed by atoms with Crippen LogP contribution in [-0.4, -0.2) is 19.9 Å². The zero-order valence-corrected chi connectivity index (χ0v) is 22.8. The number of fused-ring (bicyclic) bond motifs is 4. The van der Waals surface area contributed by atoms with E-state index in [1.807, 2.05) is 66.7 Å². The van der Waals surface area contributed by atoms with Crippen molar-refractivity contribution in [2.45, 2.75) is 0 Å². The molecule has 8 aromatic rings. The van der Waals surface area contributed by atoms with E-state index in [4.69, 9.17) is 19.9 Å². The van der Waals surface area contributed by atoms with Crippen LogP contribution in [0.15, 0.2) is 121 Å². The predicted molar refractivity (Wildman–Crippen MR) is 168 cm³/mol. The van der Waals surface area contributed by atoms with Gasteiger partial charge in [0.2, 0.25) is 0 Å². The summed E-state index contributed by atoms with van der Waals surface area (Å²) in [5.74, 6) is 2.00. The molecule has 0 atom stereocenters. The zero-order chi connectivity index (χ0) is 26.5. The van der Waals surface area contributed by atoms with Crippen molar-refractivity contribution >= 4 is 53.1 Å². The average molecular weight is 549 g/mol. The maximum absolute atomic E-state index is 5.00. The van der Waals surface area contributed by atoms with E-state index in [0.717, 1.165) is 37.5 Å². The molecule has 0 aliphatic carbocycles. The molecule has 188 valence electrons. The number of thiazole rings is 1. The summed E-state index contributed by atoms with van der Waals surface area (Å²) < 4.78 is 3.59. The van der Waals surface area contributed by atoms with Crippen LogP contribution in [0.5, 0.6) is 0 Å². The SMILES string of the molecule is c1ccc(-c2nc(-c3ccccc3)nc(-c3cccc4c3sc3c(-c5nc6ccccc6s5)cccc34)n2)cc1. The molecule has 0 saturated heterocycles. The maximum Gasteiger partial charge on any atom is 0.165 e. The summed E-state index contributed by atoms with van der Waals surface area (Å²) in [6.07, 6.45) is 0. The molecule has 0 radical (unpaired) electrons. The Morgan fingerprint density at radius 3 is 1.60 bits per heavy atom. The molecule has 0 aliphatic heterocycles. The smallest absolute Gasteiger partial charge is 0.165 e. The molecule has 0 spiro atoms. The van der Waals surface area contributed by atoms with Crippen LogP contribution in [0.4, 0.5) is 0 Å². The summed E-state index contributed by atoms with van der Waals surface area (Å²) in [4.78, 5) is 19.8. The fourth-order valence-electron chi connectivity index (χ4n) is 5.08. The first kappa shape index (κ1) is 23.1. The van der Waals surface area contributed by atoms with Crippen molar-refractivity contribution in [2.24, 2.45) is 0 Å². The lowest BCUT2D eigenvalue weighted by molar-refractivity contribution is 1.08. The van der Waals surface area contributed by atoms with Gasteiger partial charge in [-0.05, 0) is 18.2 Å². The van der Waals surface area contributed by atoms with Crippen LogP contribution < -0.4 is 0 Å². The number of hydrogen-bond acceptors (Lipinski definition) is 6. The first-order valence-corrected chi connectivity index (χ1v) is 14.6. The third-order valence-corrected chi connectivity index (χ3v) is 9.35. The van der Waals surface area contributed by atoms with Crippen LogP contribution in [0, 0.1) is 0 Å². The standard InChI is InChI=1S/C34H20N4S2/c1-3-11-21(12-4-1)31-36-32(22-13-5-2-6-14-22)38-33(37-31)25-17-9-15-23-24-16-10-18-26(30(24)40-29(23)25)34-35-27-19-7-8-20-28(27)39-34/h1-20H. The molecule has 0 N–H and O–H groups in total. The van der Waals surface area contributed by atoms with Gasteiger partial charge in [-0.1, -0.05) is 103 Å². The van der Waals surface area contributed by atoms with Crippen molar-refractivity contribution in [3.05, 3.63) is 121 Å². The number of rotatable bonds is 4. The van der Waals surface area contributed by atoms with Crippen LogP contribution in [0.25, 0.3) is 75.1 Å². The minimum Gasteiger partial charge on any atom is -0.236 e. The number of hydrogen-bond donors (Lipinski definition) is 0. The number of para-hydroxylation sites is 1. The highest BCUT2D eigenvalue weighted by atomic mass is 32.1. The molecule has 3 aromatic heterocycles. The van der Waals surface area contributed by atoms with E-state index in [-0.39, 0.29) is 0 Å². The highest BCUT2D eigenvalue weighted by Crippen LogP contribution is 2.44. The monoisotopic (exact) mass is 548 g/mol. The van der Waals surface area contributed by atoms with Gasteiger partial charge in [0.05, 0.1) is 10.2 Å². The molecule has 0 aliphatic rings. The summed E-state index contributed by atoms with van der Waals surface area (Å²) in [5.41, 5.74) is 5.13. The van der Waals surface area contributed by atoms with Gasteiger partial charge in [0.25, 0.3) is 0 Å². The summed E-state index contributed by atoms with van der Waals surface area (Å²) >= 11 is 3.52. The summed E-state index contributed by atoms with van der Waals surface area (Å²) in [5, 5.41) is 3.46. The van der Waals surface area contributed by atoms with E-state index in [1.165, 1.54) is 20.2 Å². The van der Waals surface area contributed by atoms with Crippen LogP contribution >= 0.6 is 22.7 Å². The largest absolute Gasteiger partial charge is 0.236 e. The van der Waals surface area contributed by atoms with Gasteiger partial charge in [-0.25, -0.2) is 19.9 Å². The van der Waals surface area contributed by atoms with E-state index < -0.39 is 0 Å². The molecule has 6 heteroatoms. The van der Waals surface area contributed by atoms with Gasteiger partial charge in [0.1, 0.15) is 5.01 Å². The van der Waals surface area contributed by atoms with E-state index >= 15 is 0 Å². The molecule has 4 nitrogen and oxygen atoms in total. The number of thiophene rings is 1. The molecular formula is C34H20N4S2. The Balaban J connectivity index is 1.36. The second-order valence-electron chi connectivity index (χ2n) is 9.49. The molecular weight excluding hydrogens is 529 g/mol. The van der Waals surface area contributed by atoms with Crippen LogP contribution in [0.2, 0.25) is 0 Å². The van der Waals surface area contributed by atoms with Gasteiger partial charge in [-0.3, -0.25) is 0 Å². The Morgan fingerprint density at radius 1 is 0.400 bits per heavy atom. The lowest BCUT2D eigenvalue weighted by Crippen LogP contribution is -2.00. The zero-order valence-electron chi connectivity index (χ0n) is 21.2. The van der Waals surface area contributed by atoms with Crippen LogP contribution in [0.3, 0.4) is 0 Å². The van der Waals surface area contributed by atoms with Crippen LogP contribution in [0.1, 0.15) is 0 Å². The van der Waals surface area contributed by atoms with E-state index in [0.29, 0.717) is 17.5 Å². The summed E-state index contributed by atoms with van der Waals surface area (Å²) in [7, 11) is 0. The molecule has 40 heavy (non-hydrogen) atoms. The molecule has 0 fully saturated rings. The highest BCUT2D eigenvalue weighted by Gasteiger charge is 2.18. The van der Waals surface area contributed by atoms with Crippen molar-refractivity contribution in [3.8, 4) is 44.7 Å². The molecule has 8 rings (SSSR count). The average Bonchev–Trinajstić information content (AvgIpc) is 3.63. The third-order valence-electron chi connectivity index (χ3n) is 6.99. The van der Waals surface area contributed by atoms with Gasteiger partial charge in [-0.2, -0.15) is 0 Å². The van der Waals surface area contributed by atoms with Crippen molar-refractivity contribution in [1.29, 1.82) is 0 Å². The lowest BCUT2D eigenvalue weighted by Gasteiger charge is -2.09. The molecule has 0 bridgehead atoms. The predicted octanol–water partition coefficient (Wildman–Crippen LogP) is 9.52. The Bertz CT molecular complexity index is 2080. The maximum atomic E-state index is 5.00. The van der Waals surface area contributed by atoms with E-state index in [1.54, 1.807) is 22.7 Å². The minimum absolute atomic E-state index is 0.665. The van der Waals surface area contributed by atoms with Gasteiger partial charge >= 0.3 is 0 Å². The first-order valence-electron chi connectivity index (χ1n) is 13.0. The Hall–Kier alpha value is -4.78. The van der Waals surface area contributed by atoms with E-state index in [9.17, 15) is 0 Å². The second-order valence-corrected chi connectivity index (χ2v) is 11.5. The topological polar surface area (TPSA) is 51.6 Å². The number of aromatic nitrogens is 4. The van der Waals surface area contributed by atoms with Crippen molar-refractivity contribution in [3.63, 3.8) is 0 Å². The lowest BCUT2D eigenvalue weighted by atomic mass is 10.1. The Morgan fingerprint density at radius 2 is 0.950 bits per heavy atom. The number of nitrogens with zero attached hydrogens (tertiary/aromatic N) is 4. The molecule has 5 aromatic carbocycles. The Kier molecular flexibility index (Phi) is 5.47. The summed E-state index contributed by atoms with van der Waals surface area (Å²) in [6, 6.07) is 41.5. The fraction of sp³-hybridized carbons (Fsp3) is 0. The molecule has 0 unspecified atom stereocenters. The fourth-order valence-corrected chi connectivity index (χ4v) is 7.47. The molecule has 0 saturated carbocycles. The van der Waals surface area contributed by atoms with Gasteiger partial charge in [-0.15, -0.1) is 22.7 Å². The first-order chi connectivity index (χ1) is 19.8. The normalized spacial score (nSPS) is 11.5. The quantitative estimate of drug-likeness (QED) is 0.220. The van der Waals surface area contributed by atoms with E-state index in [2.05, 4.69) is 54.6 Å². The number of benzene rings is 5. The van der Waals surface area contributed by atoms with Crippen LogP contribution in [-0.2, 0) is 0 Å². The highest BCUT2D eigenvalue weighted by molar-refractivity contribution is 7.27. The van der Waals surface area contributed by atoms with Crippen molar-refractivity contribution < 1.29 is 0 Å². The van der Waals surface area contributed by atoms with Gasteiger partial charge < -0.3 is 0 Å². The third kappa shape index (κ3) is 3.88. The molecule has 3 heterocycles. The minimum atomic E-state index is 0.665. The van der Waals surface area contributed by atoms with Gasteiger partial charge in [0.15, 0.2) is 17.5 Å². The second kappa shape index (κ2) is 9.45. The van der Waals surface area contributed by atoms with Crippen molar-refractivity contribution in [1.82, 2.24) is 19.9 Å². The molecule has 0 amide bonds. The summed E-state index contributed by atoms with van der Waals surface area (Å²) in [6.45, 7) is 0.